The summed E-state index contributed by atoms with van der Waals surface area (Å²) in [5.41, 5.74) is -0.193. The third-order valence-electron chi connectivity index (χ3n) is 4.79. The summed E-state index contributed by atoms with van der Waals surface area (Å²) >= 11 is 0. The Kier molecular flexibility index (Phi) is 3.76. The second kappa shape index (κ2) is 5.94. The number of amides is 1. The summed E-state index contributed by atoms with van der Waals surface area (Å²) in [5.74, 6) is 1.31. The molecule has 8 heteroatoms. The maximum Gasteiger partial charge on any atom is 0.291 e. The fourth-order valence-corrected chi connectivity index (χ4v) is 3.47. The number of nitrogens with zero attached hydrogens (tertiary/aromatic N) is 5. The van der Waals surface area contributed by atoms with Gasteiger partial charge in [0.05, 0.1) is 5.60 Å². The molecule has 0 bridgehead atoms. The second-order valence-corrected chi connectivity index (χ2v) is 6.37. The van der Waals surface area contributed by atoms with Gasteiger partial charge in [-0.15, -0.1) is 0 Å². The molecule has 0 saturated carbocycles. The molecule has 0 aromatic carbocycles. The van der Waals surface area contributed by atoms with E-state index >= 15 is 0 Å². The number of aryl methyl sites for hydroxylation is 1. The van der Waals surface area contributed by atoms with Crippen LogP contribution in [-0.4, -0.2) is 49.6 Å². The summed E-state index contributed by atoms with van der Waals surface area (Å²) in [6, 6.07) is 1.70. The van der Waals surface area contributed by atoms with Gasteiger partial charge in [-0.1, -0.05) is 5.16 Å². The quantitative estimate of drug-likeness (QED) is 0.827. The molecule has 0 radical (unpaired) electrons. The van der Waals surface area contributed by atoms with E-state index in [0.717, 1.165) is 25.7 Å². The number of piperidine rings is 1. The summed E-state index contributed by atoms with van der Waals surface area (Å²) in [4.78, 5) is 26.6. The van der Waals surface area contributed by atoms with Gasteiger partial charge < -0.3 is 14.2 Å². The highest BCUT2D eigenvalue weighted by atomic mass is 16.5. The fraction of sp³-hybridized carbons (Fsp3) is 0.562. The van der Waals surface area contributed by atoms with E-state index in [2.05, 4.69) is 20.1 Å². The third kappa shape index (κ3) is 2.77. The van der Waals surface area contributed by atoms with Gasteiger partial charge in [0.25, 0.3) is 11.8 Å². The van der Waals surface area contributed by atoms with Crippen molar-refractivity contribution in [2.45, 2.75) is 44.3 Å². The van der Waals surface area contributed by atoms with Gasteiger partial charge >= 0.3 is 0 Å². The highest BCUT2D eigenvalue weighted by Crippen LogP contribution is 2.44. The summed E-state index contributed by atoms with van der Waals surface area (Å²) in [6.07, 6.45) is 6.46. The lowest BCUT2D eigenvalue weighted by Gasteiger charge is -2.38. The average Bonchev–Trinajstić information content (AvgIpc) is 3.23. The summed E-state index contributed by atoms with van der Waals surface area (Å²) in [5, 5.41) is 3.83. The monoisotopic (exact) mass is 329 g/mol. The molecule has 126 valence electrons. The first kappa shape index (κ1) is 15.2. The molecular weight excluding hydrogens is 310 g/mol. The Morgan fingerprint density at radius 2 is 2.00 bits per heavy atom. The van der Waals surface area contributed by atoms with E-state index < -0.39 is 0 Å². The zero-order valence-corrected chi connectivity index (χ0v) is 13.5. The van der Waals surface area contributed by atoms with Gasteiger partial charge in [0.2, 0.25) is 5.82 Å². The number of carbonyl (C=O) groups excluding carboxylic acids is 1. The van der Waals surface area contributed by atoms with Crippen LogP contribution in [0.2, 0.25) is 0 Å². The van der Waals surface area contributed by atoms with Gasteiger partial charge in [0.15, 0.2) is 5.82 Å². The minimum absolute atomic E-state index is 0.118. The zero-order chi connectivity index (χ0) is 16.6. The molecule has 2 fully saturated rings. The van der Waals surface area contributed by atoms with Crippen LogP contribution < -0.4 is 0 Å². The van der Waals surface area contributed by atoms with E-state index in [1.165, 1.54) is 0 Å². The van der Waals surface area contributed by atoms with Crippen LogP contribution in [-0.2, 0) is 4.74 Å². The van der Waals surface area contributed by atoms with Crippen molar-refractivity contribution in [1.82, 2.24) is 25.0 Å². The van der Waals surface area contributed by atoms with E-state index in [4.69, 9.17) is 9.26 Å². The molecule has 4 rings (SSSR count). The molecule has 1 spiro atoms. The smallest absolute Gasteiger partial charge is 0.291 e. The molecule has 2 aromatic heterocycles. The number of aromatic nitrogens is 4. The van der Waals surface area contributed by atoms with Crippen molar-refractivity contribution in [2.24, 2.45) is 0 Å². The first-order chi connectivity index (χ1) is 11.7. The minimum atomic E-state index is -0.193. The third-order valence-corrected chi connectivity index (χ3v) is 4.79. The molecule has 1 amide bonds. The van der Waals surface area contributed by atoms with Crippen LogP contribution >= 0.6 is 0 Å². The van der Waals surface area contributed by atoms with Crippen molar-refractivity contribution in [3.63, 3.8) is 0 Å². The molecular formula is C16H19N5O3. The molecule has 0 N–H and O–H groups in total. The zero-order valence-electron chi connectivity index (χ0n) is 13.5. The molecule has 24 heavy (non-hydrogen) atoms. The Labute approximate surface area is 139 Å². The van der Waals surface area contributed by atoms with Gasteiger partial charge in [-0.25, -0.2) is 9.97 Å². The lowest BCUT2D eigenvalue weighted by Crippen LogP contribution is -2.46. The molecule has 8 nitrogen and oxygen atoms in total. The molecule has 2 aliphatic rings. The van der Waals surface area contributed by atoms with Gasteiger partial charge in [-0.05, 0) is 38.7 Å². The Balaban J connectivity index is 1.39. The van der Waals surface area contributed by atoms with E-state index in [0.29, 0.717) is 24.8 Å². The van der Waals surface area contributed by atoms with Crippen molar-refractivity contribution in [3.8, 4) is 0 Å². The summed E-state index contributed by atoms with van der Waals surface area (Å²) in [7, 11) is 0. The van der Waals surface area contributed by atoms with Crippen LogP contribution in [0, 0.1) is 6.92 Å². The largest absolute Gasteiger partial charge is 0.362 e. The molecule has 2 aliphatic heterocycles. The molecule has 0 aliphatic carbocycles. The van der Waals surface area contributed by atoms with Crippen LogP contribution in [0.25, 0.3) is 0 Å². The fourth-order valence-electron chi connectivity index (χ4n) is 3.47. The molecule has 0 unspecified atom stereocenters. The predicted octanol–water partition coefficient (Wildman–Crippen LogP) is 1.69. The van der Waals surface area contributed by atoms with E-state index in [1.54, 1.807) is 30.3 Å². The number of ether oxygens (including phenoxy) is 1. The van der Waals surface area contributed by atoms with Crippen molar-refractivity contribution in [3.05, 3.63) is 36.0 Å². The first-order valence-corrected chi connectivity index (χ1v) is 8.20. The molecule has 4 heterocycles. The van der Waals surface area contributed by atoms with Crippen LogP contribution in [0.15, 0.2) is 23.0 Å². The van der Waals surface area contributed by atoms with Gasteiger partial charge in [-0.2, -0.15) is 4.98 Å². The second-order valence-electron chi connectivity index (χ2n) is 6.37. The van der Waals surface area contributed by atoms with Gasteiger partial charge in [0.1, 0.15) is 6.10 Å². The molecule has 1 atom stereocenters. The molecule has 2 saturated heterocycles. The SMILES string of the molecule is Cc1noc([C@@H]2CCC3(CCN(C(=O)c4ncccn4)CC3)O2)n1. The Hall–Kier alpha value is -2.35. The highest BCUT2D eigenvalue weighted by molar-refractivity contribution is 5.90. The van der Waals surface area contributed by atoms with Crippen LogP contribution in [0.1, 0.15) is 54.1 Å². The van der Waals surface area contributed by atoms with Gasteiger partial charge in [-0.3, -0.25) is 4.79 Å². The van der Waals surface area contributed by atoms with E-state index in [1.807, 2.05) is 0 Å². The highest BCUT2D eigenvalue weighted by Gasteiger charge is 2.45. The van der Waals surface area contributed by atoms with Crippen LogP contribution in [0.3, 0.4) is 0 Å². The number of hydrogen-bond acceptors (Lipinski definition) is 7. The maximum atomic E-state index is 12.4. The normalized spacial score (nSPS) is 22.9. The Morgan fingerprint density at radius 1 is 1.25 bits per heavy atom. The van der Waals surface area contributed by atoms with Crippen molar-refractivity contribution in [1.29, 1.82) is 0 Å². The number of carbonyl (C=O) groups is 1. The van der Waals surface area contributed by atoms with Crippen molar-refractivity contribution < 1.29 is 14.1 Å². The first-order valence-electron chi connectivity index (χ1n) is 8.20. The van der Waals surface area contributed by atoms with E-state index in [9.17, 15) is 4.79 Å². The van der Waals surface area contributed by atoms with Crippen molar-refractivity contribution in [2.75, 3.05) is 13.1 Å². The topological polar surface area (TPSA) is 94.2 Å². The van der Waals surface area contributed by atoms with Gasteiger partial charge in [0, 0.05) is 25.5 Å². The standard InChI is InChI=1S/C16H19N5O3/c1-11-19-14(24-20-11)12-3-4-16(23-12)5-9-21(10-6-16)15(22)13-17-7-2-8-18-13/h2,7-8,12H,3-6,9-10H2,1H3/t12-/m0/s1. The number of rotatable bonds is 2. The summed E-state index contributed by atoms with van der Waals surface area (Å²) in [6.45, 7) is 3.09. The average molecular weight is 329 g/mol. The van der Waals surface area contributed by atoms with Crippen LogP contribution in [0.4, 0.5) is 0 Å². The Bertz CT molecular complexity index is 724. The van der Waals surface area contributed by atoms with Crippen LogP contribution in [0.5, 0.6) is 0 Å². The lowest BCUT2D eigenvalue weighted by atomic mass is 9.88. The Morgan fingerprint density at radius 3 is 2.67 bits per heavy atom. The lowest BCUT2D eigenvalue weighted by molar-refractivity contribution is -0.0821. The molecule has 2 aromatic rings. The van der Waals surface area contributed by atoms with E-state index in [-0.39, 0.29) is 23.4 Å². The number of likely N-dealkylation sites (tertiary alicyclic amines) is 1. The number of hydrogen-bond donors (Lipinski definition) is 0. The minimum Gasteiger partial charge on any atom is -0.362 e. The predicted molar refractivity (Wildman–Crippen MR) is 82.0 cm³/mol. The summed E-state index contributed by atoms with van der Waals surface area (Å²) < 4.78 is 11.5. The maximum absolute atomic E-state index is 12.4. The van der Waals surface area contributed by atoms with Crippen molar-refractivity contribution >= 4 is 5.91 Å².